The molecule has 2 heterocycles. The van der Waals surface area contributed by atoms with Gasteiger partial charge in [0.05, 0.1) is 6.20 Å². The summed E-state index contributed by atoms with van der Waals surface area (Å²) in [7, 11) is 0. The van der Waals surface area contributed by atoms with Crippen LogP contribution >= 0.6 is 0 Å². The van der Waals surface area contributed by atoms with Crippen molar-refractivity contribution < 1.29 is 4.40 Å². The maximum atomic E-state index is 3.18. The number of rotatable bonds is 0. The normalized spacial score (nSPS) is 10.7. The Morgan fingerprint density at radius 2 is 2.18 bits per heavy atom. The fourth-order valence-corrected chi connectivity index (χ4v) is 1.44. The lowest BCUT2D eigenvalue weighted by molar-refractivity contribution is -0.510. The molecule has 2 aromatic heterocycles. The number of hydrogen-bond donors (Lipinski definition) is 1. The Bertz CT molecular complexity index is 387. The number of imidazole rings is 1. The number of H-pyrrole nitrogens is 1. The molecule has 0 amide bonds. The lowest BCUT2D eigenvalue weighted by Crippen LogP contribution is -2.18. The van der Waals surface area contributed by atoms with Gasteiger partial charge < -0.3 is 0 Å². The fraction of sp³-hybridized carbons (Fsp3) is 0.222. The lowest BCUT2D eigenvalue weighted by Gasteiger charge is -1.92. The van der Waals surface area contributed by atoms with Gasteiger partial charge in [0.1, 0.15) is 12.4 Å². The summed E-state index contributed by atoms with van der Waals surface area (Å²) in [5.41, 5.74) is 3.75. The van der Waals surface area contributed by atoms with Crippen LogP contribution in [0.1, 0.15) is 11.1 Å². The Kier molecular flexibility index (Phi) is 1.22. The number of aromatic amines is 1. The predicted octanol–water partition coefficient (Wildman–Crippen LogP) is 1.37. The van der Waals surface area contributed by atoms with Gasteiger partial charge in [-0.05, 0) is 25.5 Å². The highest BCUT2D eigenvalue weighted by Gasteiger charge is 2.04. The van der Waals surface area contributed by atoms with Gasteiger partial charge in [0, 0.05) is 5.56 Å². The van der Waals surface area contributed by atoms with Crippen molar-refractivity contribution in [3.05, 3.63) is 35.8 Å². The molecule has 2 heteroatoms. The molecule has 11 heavy (non-hydrogen) atoms. The third-order valence-electron chi connectivity index (χ3n) is 1.87. The van der Waals surface area contributed by atoms with E-state index in [0.29, 0.717) is 0 Å². The number of nitrogens with one attached hydrogen (secondary N) is 1. The Hall–Kier alpha value is -1.31. The van der Waals surface area contributed by atoms with Crippen molar-refractivity contribution in [3.8, 4) is 0 Å². The number of aryl methyl sites for hydroxylation is 2. The summed E-state index contributed by atoms with van der Waals surface area (Å²) in [6, 6.07) is 2.17. The van der Waals surface area contributed by atoms with E-state index in [-0.39, 0.29) is 0 Å². The molecule has 2 aromatic rings. The fourth-order valence-electron chi connectivity index (χ4n) is 1.44. The van der Waals surface area contributed by atoms with Crippen LogP contribution in [0, 0.1) is 13.8 Å². The Morgan fingerprint density at radius 1 is 1.36 bits per heavy atom. The second-order valence-electron chi connectivity index (χ2n) is 2.92. The van der Waals surface area contributed by atoms with Crippen LogP contribution in [0.5, 0.6) is 0 Å². The highest BCUT2D eigenvalue weighted by atomic mass is 15.0. The van der Waals surface area contributed by atoms with Gasteiger partial charge in [0.2, 0.25) is 0 Å². The summed E-state index contributed by atoms with van der Waals surface area (Å²) in [4.78, 5) is 3.18. The van der Waals surface area contributed by atoms with Crippen LogP contribution in [-0.2, 0) is 0 Å². The minimum Gasteiger partial charge on any atom is -0.243 e. The van der Waals surface area contributed by atoms with Crippen LogP contribution in [-0.4, -0.2) is 4.98 Å². The second kappa shape index (κ2) is 2.09. The van der Waals surface area contributed by atoms with Crippen molar-refractivity contribution in [1.29, 1.82) is 0 Å². The summed E-state index contributed by atoms with van der Waals surface area (Å²) in [6.07, 6.45) is 6.08. The van der Waals surface area contributed by atoms with Gasteiger partial charge in [-0.3, -0.25) is 0 Å². The smallest absolute Gasteiger partial charge is 0.243 e. The van der Waals surface area contributed by atoms with E-state index in [1.54, 1.807) is 0 Å². The molecule has 0 aliphatic heterocycles. The van der Waals surface area contributed by atoms with Gasteiger partial charge in [0.25, 0.3) is 5.65 Å². The van der Waals surface area contributed by atoms with Gasteiger partial charge in [-0.1, -0.05) is 0 Å². The maximum absolute atomic E-state index is 3.18. The monoisotopic (exact) mass is 147 g/mol. The van der Waals surface area contributed by atoms with Crippen LogP contribution in [0.2, 0.25) is 0 Å². The van der Waals surface area contributed by atoms with E-state index in [2.05, 4.69) is 35.5 Å². The van der Waals surface area contributed by atoms with Crippen molar-refractivity contribution in [1.82, 2.24) is 4.98 Å². The molecule has 2 rings (SSSR count). The molecule has 0 aromatic carbocycles. The van der Waals surface area contributed by atoms with Gasteiger partial charge >= 0.3 is 0 Å². The summed E-state index contributed by atoms with van der Waals surface area (Å²) >= 11 is 0. The Morgan fingerprint density at radius 3 is 3.00 bits per heavy atom. The lowest BCUT2D eigenvalue weighted by atomic mass is 10.2. The van der Waals surface area contributed by atoms with E-state index in [0.717, 1.165) is 0 Å². The molecule has 0 bridgehead atoms. The van der Waals surface area contributed by atoms with Gasteiger partial charge in [0.15, 0.2) is 0 Å². The first-order chi connectivity index (χ1) is 5.27. The van der Waals surface area contributed by atoms with Crippen molar-refractivity contribution in [2.45, 2.75) is 13.8 Å². The zero-order valence-electron chi connectivity index (χ0n) is 6.76. The van der Waals surface area contributed by atoms with E-state index in [9.17, 15) is 0 Å². The largest absolute Gasteiger partial charge is 0.286 e. The Balaban J connectivity index is 2.91. The number of aromatic nitrogens is 2. The SMILES string of the molecule is Cc1cc(C)c2[nH]cc[n+]2c1. The van der Waals surface area contributed by atoms with Crippen LogP contribution < -0.4 is 4.40 Å². The second-order valence-corrected chi connectivity index (χ2v) is 2.92. The standard InChI is InChI=1S/C9H10N2/c1-7-5-8(2)9-10-3-4-11(9)6-7/h3-6H,1-2H3/p+1. The maximum Gasteiger partial charge on any atom is 0.286 e. The highest BCUT2D eigenvalue weighted by molar-refractivity contribution is 5.40. The zero-order valence-corrected chi connectivity index (χ0v) is 6.76. The minimum atomic E-state index is 1.18. The average molecular weight is 147 g/mol. The number of fused-ring (bicyclic) bond motifs is 1. The van der Waals surface area contributed by atoms with Crippen LogP contribution in [0.25, 0.3) is 5.65 Å². The quantitative estimate of drug-likeness (QED) is 0.543. The average Bonchev–Trinajstić information content (AvgIpc) is 2.34. The van der Waals surface area contributed by atoms with Gasteiger partial charge in [-0.25, -0.2) is 9.38 Å². The molecule has 1 N–H and O–H groups in total. The van der Waals surface area contributed by atoms with Crippen molar-refractivity contribution in [2.75, 3.05) is 0 Å². The molecular formula is C9H11N2+. The molecule has 0 radical (unpaired) electrons. The molecule has 0 unspecified atom stereocenters. The van der Waals surface area contributed by atoms with E-state index >= 15 is 0 Å². The first-order valence-electron chi connectivity index (χ1n) is 3.73. The molecule has 0 saturated carbocycles. The molecule has 2 nitrogen and oxygen atoms in total. The minimum absolute atomic E-state index is 1.18. The van der Waals surface area contributed by atoms with Crippen LogP contribution in [0.15, 0.2) is 24.7 Å². The predicted molar refractivity (Wildman–Crippen MR) is 43.4 cm³/mol. The first-order valence-corrected chi connectivity index (χ1v) is 3.73. The summed E-state index contributed by atoms with van der Waals surface area (Å²) in [5.74, 6) is 0. The molecule has 56 valence electrons. The van der Waals surface area contributed by atoms with E-state index in [1.165, 1.54) is 16.8 Å². The molecule has 0 aliphatic rings. The molecule has 0 atom stereocenters. The van der Waals surface area contributed by atoms with E-state index < -0.39 is 0 Å². The molecular weight excluding hydrogens is 136 g/mol. The molecule has 0 spiro atoms. The van der Waals surface area contributed by atoms with E-state index in [4.69, 9.17) is 0 Å². The first kappa shape index (κ1) is 6.40. The molecule has 0 aliphatic carbocycles. The van der Waals surface area contributed by atoms with Gasteiger partial charge in [-0.2, -0.15) is 0 Å². The number of pyridine rings is 1. The third kappa shape index (κ3) is 0.909. The van der Waals surface area contributed by atoms with Crippen molar-refractivity contribution in [3.63, 3.8) is 0 Å². The summed E-state index contributed by atoms with van der Waals surface area (Å²) < 4.78 is 2.10. The van der Waals surface area contributed by atoms with Crippen molar-refractivity contribution >= 4 is 5.65 Å². The summed E-state index contributed by atoms with van der Waals surface area (Å²) in [6.45, 7) is 4.21. The number of nitrogens with zero attached hydrogens (tertiary/aromatic N) is 1. The van der Waals surface area contributed by atoms with Crippen LogP contribution in [0.3, 0.4) is 0 Å². The highest BCUT2D eigenvalue weighted by Crippen LogP contribution is 2.03. The molecule has 0 fully saturated rings. The van der Waals surface area contributed by atoms with Crippen LogP contribution in [0.4, 0.5) is 0 Å². The summed E-state index contributed by atoms with van der Waals surface area (Å²) in [5, 5.41) is 0. The zero-order chi connectivity index (χ0) is 7.84. The Labute approximate surface area is 65.5 Å². The molecule has 0 saturated heterocycles. The van der Waals surface area contributed by atoms with Gasteiger partial charge in [-0.15, -0.1) is 0 Å². The third-order valence-corrected chi connectivity index (χ3v) is 1.87. The van der Waals surface area contributed by atoms with Crippen molar-refractivity contribution in [2.24, 2.45) is 0 Å². The number of hydrogen-bond acceptors (Lipinski definition) is 0. The van der Waals surface area contributed by atoms with E-state index in [1.807, 2.05) is 12.4 Å². The topological polar surface area (TPSA) is 19.9 Å².